The number of carboxylic acids is 1. The zero-order valence-corrected chi connectivity index (χ0v) is 16.3. The molecule has 0 aliphatic carbocycles. The van der Waals surface area contributed by atoms with Crippen LogP contribution in [0.2, 0.25) is 5.02 Å². The van der Waals surface area contributed by atoms with E-state index < -0.39 is 23.4 Å². The number of benzene rings is 2. The highest BCUT2D eigenvalue weighted by Gasteiger charge is 2.41. The monoisotopic (exact) mass is 402 g/mol. The van der Waals surface area contributed by atoms with E-state index in [0.29, 0.717) is 16.4 Å². The van der Waals surface area contributed by atoms with Crippen molar-refractivity contribution in [3.05, 3.63) is 52.5 Å². The van der Waals surface area contributed by atoms with Crippen molar-refractivity contribution in [1.82, 2.24) is 0 Å². The average molecular weight is 403 g/mol. The van der Waals surface area contributed by atoms with E-state index in [-0.39, 0.29) is 17.9 Å². The number of aromatic carboxylic acids is 1. The number of amides is 2. The molecule has 0 aromatic heterocycles. The predicted octanol–water partition coefficient (Wildman–Crippen LogP) is 3.49. The van der Waals surface area contributed by atoms with E-state index in [0.717, 1.165) is 5.56 Å². The van der Waals surface area contributed by atoms with Gasteiger partial charge < -0.3 is 15.2 Å². The number of carbonyl (C=O) groups is 3. The maximum atomic E-state index is 12.8. The Morgan fingerprint density at radius 3 is 2.57 bits per heavy atom. The Labute approximate surface area is 166 Å². The highest BCUT2D eigenvalue weighted by Crippen LogP contribution is 2.38. The molecule has 0 saturated heterocycles. The van der Waals surface area contributed by atoms with Crippen LogP contribution in [0.5, 0.6) is 5.75 Å². The van der Waals surface area contributed by atoms with Crippen molar-refractivity contribution in [2.45, 2.75) is 26.4 Å². The molecule has 0 fully saturated rings. The molecule has 1 aliphatic rings. The second-order valence-electron chi connectivity index (χ2n) is 7.00. The highest BCUT2D eigenvalue weighted by molar-refractivity contribution is 6.30. The highest BCUT2D eigenvalue weighted by atomic mass is 35.5. The molecule has 146 valence electrons. The van der Waals surface area contributed by atoms with Gasteiger partial charge in [-0.15, -0.1) is 0 Å². The van der Waals surface area contributed by atoms with Gasteiger partial charge in [0.05, 0.1) is 11.3 Å². The van der Waals surface area contributed by atoms with E-state index in [1.807, 2.05) is 6.92 Å². The zero-order chi connectivity index (χ0) is 20.6. The molecule has 2 aromatic rings. The molecule has 1 aliphatic heterocycles. The van der Waals surface area contributed by atoms with Crippen molar-refractivity contribution in [2.75, 3.05) is 16.8 Å². The van der Waals surface area contributed by atoms with Crippen molar-refractivity contribution in [3.8, 4) is 5.75 Å². The maximum Gasteiger partial charge on any atom is 0.335 e. The number of rotatable bonds is 4. The fourth-order valence-electron chi connectivity index (χ4n) is 2.96. The third-order valence-electron chi connectivity index (χ3n) is 4.39. The van der Waals surface area contributed by atoms with Crippen LogP contribution in [0.1, 0.15) is 29.8 Å². The van der Waals surface area contributed by atoms with E-state index >= 15 is 0 Å². The van der Waals surface area contributed by atoms with Crippen LogP contribution in [0.3, 0.4) is 0 Å². The van der Waals surface area contributed by atoms with Crippen LogP contribution in [0.15, 0.2) is 36.4 Å². The van der Waals surface area contributed by atoms with Crippen molar-refractivity contribution >= 4 is 40.8 Å². The lowest BCUT2D eigenvalue weighted by molar-refractivity contribution is -0.133. The standard InChI is InChI=1S/C20H19ClN2O5/c1-11-8-13(21)5-6-14(11)22-17(24)10-23-15-7-4-12(18(25)26)9-16(15)28-20(2,3)19(23)27/h4-9H,10H2,1-3H3,(H,22,24)(H,25,26). The first-order valence-corrected chi connectivity index (χ1v) is 8.90. The summed E-state index contributed by atoms with van der Waals surface area (Å²) in [5.41, 5.74) is 0.528. The number of ether oxygens (including phenoxy) is 1. The van der Waals surface area contributed by atoms with Gasteiger partial charge in [0, 0.05) is 10.7 Å². The fourth-order valence-corrected chi connectivity index (χ4v) is 3.19. The zero-order valence-electron chi connectivity index (χ0n) is 15.6. The van der Waals surface area contributed by atoms with Crippen LogP contribution in [-0.2, 0) is 9.59 Å². The van der Waals surface area contributed by atoms with E-state index in [1.54, 1.807) is 32.0 Å². The molecule has 0 spiro atoms. The minimum Gasteiger partial charge on any atom is -0.478 e. The lowest BCUT2D eigenvalue weighted by Gasteiger charge is -2.38. The number of nitrogens with one attached hydrogen (secondary N) is 1. The third-order valence-corrected chi connectivity index (χ3v) is 4.62. The van der Waals surface area contributed by atoms with Gasteiger partial charge in [-0.25, -0.2) is 4.79 Å². The smallest absolute Gasteiger partial charge is 0.335 e. The van der Waals surface area contributed by atoms with Gasteiger partial charge in [0.1, 0.15) is 12.3 Å². The van der Waals surface area contributed by atoms with E-state index in [1.165, 1.54) is 23.1 Å². The van der Waals surface area contributed by atoms with Gasteiger partial charge in [0.15, 0.2) is 5.60 Å². The molecule has 0 unspecified atom stereocenters. The molecular weight excluding hydrogens is 384 g/mol. The van der Waals surface area contributed by atoms with Crippen molar-refractivity contribution in [2.24, 2.45) is 0 Å². The number of carboxylic acid groups (broad SMARTS) is 1. The molecule has 2 aromatic carbocycles. The predicted molar refractivity (Wildman–Crippen MR) is 105 cm³/mol. The van der Waals surface area contributed by atoms with Crippen LogP contribution in [-0.4, -0.2) is 35.0 Å². The first-order chi connectivity index (χ1) is 13.1. The Kier molecular flexibility index (Phi) is 5.04. The second kappa shape index (κ2) is 7.16. The van der Waals surface area contributed by atoms with Crippen LogP contribution in [0, 0.1) is 6.92 Å². The fraction of sp³-hybridized carbons (Fsp3) is 0.250. The molecule has 8 heteroatoms. The summed E-state index contributed by atoms with van der Waals surface area (Å²) in [6.07, 6.45) is 0. The van der Waals surface area contributed by atoms with Crippen molar-refractivity contribution in [3.63, 3.8) is 0 Å². The van der Waals surface area contributed by atoms with Crippen LogP contribution in [0.25, 0.3) is 0 Å². The van der Waals surface area contributed by atoms with E-state index in [4.69, 9.17) is 16.3 Å². The molecule has 2 amide bonds. The summed E-state index contributed by atoms with van der Waals surface area (Å²) in [4.78, 5) is 37.9. The Morgan fingerprint density at radius 2 is 1.93 bits per heavy atom. The largest absolute Gasteiger partial charge is 0.478 e. The summed E-state index contributed by atoms with van der Waals surface area (Å²) >= 11 is 5.93. The number of halogens is 1. The molecule has 7 nitrogen and oxygen atoms in total. The Balaban J connectivity index is 1.89. The number of anilines is 2. The first kappa shape index (κ1) is 19.7. The first-order valence-electron chi connectivity index (χ1n) is 8.53. The van der Waals surface area contributed by atoms with Crippen molar-refractivity contribution in [1.29, 1.82) is 0 Å². The summed E-state index contributed by atoms with van der Waals surface area (Å²) in [5, 5.41) is 12.5. The molecule has 0 radical (unpaired) electrons. The molecule has 28 heavy (non-hydrogen) atoms. The lowest BCUT2D eigenvalue weighted by Crippen LogP contribution is -2.54. The Bertz CT molecular complexity index is 987. The van der Waals surface area contributed by atoms with E-state index in [2.05, 4.69) is 5.32 Å². The van der Waals surface area contributed by atoms with Gasteiger partial charge in [-0.3, -0.25) is 14.5 Å². The second-order valence-corrected chi connectivity index (χ2v) is 7.44. The Hall–Kier alpha value is -3.06. The number of aryl methyl sites for hydroxylation is 1. The molecule has 3 rings (SSSR count). The number of nitrogens with zero attached hydrogens (tertiary/aromatic N) is 1. The molecule has 1 heterocycles. The minimum absolute atomic E-state index is 0.0325. The van der Waals surface area contributed by atoms with E-state index in [9.17, 15) is 19.5 Å². The summed E-state index contributed by atoms with van der Waals surface area (Å²) in [5.74, 6) is -1.67. The average Bonchev–Trinajstić information content (AvgIpc) is 2.60. The SMILES string of the molecule is Cc1cc(Cl)ccc1NC(=O)CN1C(=O)C(C)(C)Oc2cc(C(=O)O)ccc21. The van der Waals surface area contributed by atoms with Crippen molar-refractivity contribution < 1.29 is 24.2 Å². The van der Waals surface area contributed by atoms with Gasteiger partial charge in [-0.2, -0.15) is 0 Å². The summed E-state index contributed by atoms with van der Waals surface area (Å²) in [7, 11) is 0. The number of carbonyl (C=O) groups excluding carboxylic acids is 2. The molecule has 0 atom stereocenters. The molecule has 0 bridgehead atoms. The van der Waals surface area contributed by atoms with Crippen LogP contribution < -0.4 is 15.0 Å². The van der Waals surface area contributed by atoms with Gasteiger partial charge in [-0.05, 0) is 62.7 Å². The summed E-state index contributed by atoms with van der Waals surface area (Å²) in [6.45, 7) is 4.71. The third kappa shape index (κ3) is 3.80. The van der Waals surface area contributed by atoms with Gasteiger partial charge >= 0.3 is 5.97 Å². The lowest BCUT2D eigenvalue weighted by atomic mass is 10.0. The van der Waals surface area contributed by atoms with Gasteiger partial charge in [-0.1, -0.05) is 11.6 Å². The minimum atomic E-state index is -1.24. The number of fused-ring (bicyclic) bond motifs is 1. The molecule has 0 saturated carbocycles. The van der Waals surface area contributed by atoms with Gasteiger partial charge in [0.25, 0.3) is 5.91 Å². The number of hydrogen-bond acceptors (Lipinski definition) is 4. The van der Waals surface area contributed by atoms with Gasteiger partial charge in [0.2, 0.25) is 5.91 Å². The van der Waals surface area contributed by atoms with Crippen LogP contribution in [0.4, 0.5) is 11.4 Å². The summed E-state index contributed by atoms with van der Waals surface area (Å²) < 4.78 is 5.68. The maximum absolute atomic E-state index is 12.8. The normalized spacial score (nSPS) is 14.9. The van der Waals surface area contributed by atoms with Crippen LogP contribution >= 0.6 is 11.6 Å². The Morgan fingerprint density at radius 1 is 1.21 bits per heavy atom. The topological polar surface area (TPSA) is 95.9 Å². The molecule has 2 N–H and O–H groups in total. The molecular formula is C20H19ClN2O5. The quantitative estimate of drug-likeness (QED) is 0.816. The number of hydrogen-bond donors (Lipinski definition) is 2. The summed E-state index contributed by atoms with van der Waals surface area (Å²) in [6, 6.07) is 9.25.